The van der Waals surface area contributed by atoms with E-state index >= 15 is 0 Å². The van der Waals surface area contributed by atoms with Crippen molar-refractivity contribution in [1.82, 2.24) is 10.2 Å². The highest BCUT2D eigenvalue weighted by Gasteiger charge is 2.25. The highest BCUT2D eigenvalue weighted by atomic mass is 16.2. The zero-order valence-electron chi connectivity index (χ0n) is 14.3. The molecule has 0 aliphatic carbocycles. The number of benzene rings is 1. The molecule has 0 aromatic heterocycles. The van der Waals surface area contributed by atoms with Crippen molar-refractivity contribution in [2.45, 2.75) is 66.1 Å². The van der Waals surface area contributed by atoms with Gasteiger partial charge in [-0.25, -0.2) is 0 Å². The Kier molecular flexibility index (Phi) is 7.09. The van der Waals surface area contributed by atoms with Crippen LogP contribution in [-0.2, 0) is 16.1 Å². The summed E-state index contributed by atoms with van der Waals surface area (Å²) in [5, 5.41) is 2.96. The van der Waals surface area contributed by atoms with Gasteiger partial charge >= 0.3 is 0 Å². The average molecular weight is 304 g/mol. The van der Waals surface area contributed by atoms with Crippen LogP contribution in [0.1, 0.15) is 51.7 Å². The molecule has 0 fully saturated rings. The summed E-state index contributed by atoms with van der Waals surface area (Å²) in [6, 6.07) is 7.61. The molecule has 2 atom stereocenters. The summed E-state index contributed by atoms with van der Waals surface area (Å²) in [5.41, 5.74) is 2.21. The Bertz CT molecular complexity index is 514. The molecule has 0 bridgehead atoms. The molecule has 0 aliphatic heterocycles. The molecule has 122 valence electrons. The predicted molar refractivity (Wildman–Crippen MR) is 89.4 cm³/mol. The molecule has 0 aliphatic rings. The Labute approximate surface area is 133 Å². The first-order valence-corrected chi connectivity index (χ1v) is 8.05. The summed E-state index contributed by atoms with van der Waals surface area (Å²) in [7, 11) is 0. The molecule has 2 amide bonds. The van der Waals surface area contributed by atoms with E-state index < -0.39 is 6.04 Å². The SMILES string of the molecule is CCC(=O)N(Cc1ccccc1C)[C@@H](C)C(=O)N[C@@H](C)CC. The van der Waals surface area contributed by atoms with Crippen LogP contribution in [0.15, 0.2) is 24.3 Å². The van der Waals surface area contributed by atoms with Gasteiger partial charge in [-0.05, 0) is 38.3 Å². The van der Waals surface area contributed by atoms with Crippen LogP contribution in [0.2, 0.25) is 0 Å². The summed E-state index contributed by atoms with van der Waals surface area (Å²) in [5.74, 6) is -0.0974. The number of hydrogen-bond donors (Lipinski definition) is 1. The maximum absolute atomic E-state index is 12.3. The molecule has 22 heavy (non-hydrogen) atoms. The van der Waals surface area contributed by atoms with Gasteiger partial charge in [0, 0.05) is 19.0 Å². The molecule has 0 spiro atoms. The molecular formula is C18H28N2O2. The number of hydrogen-bond acceptors (Lipinski definition) is 2. The number of nitrogens with one attached hydrogen (secondary N) is 1. The monoisotopic (exact) mass is 304 g/mol. The quantitative estimate of drug-likeness (QED) is 0.841. The number of nitrogens with zero attached hydrogens (tertiary/aromatic N) is 1. The van der Waals surface area contributed by atoms with E-state index in [0.717, 1.165) is 17.5 Å². The Morgan fingerprint density at radius 1 is 1.18 bits per heavy atom. The third kappa shape index (κ3) is 4.86. The molecular weight excluding hydrogens is 276 g/mol. The Hall–Kier alpha value is -1.84. The summed E-state index contributed by atoms with van der Waals surface area (Å²) >= 11 is 0. The van der Waals surface area contributed by atoms with Crippen LogP contribution in [0.5, 0.6) is 0 Å². The van der Waals surface area contributed by atoms with Crippen molar-refractivity contribution >= 4 is 11.8 Å². The molecule has 0 unspecified atom stereocenters. The Balaban J connectivity index is 2.91. The van der Waals surface area contributed by atoms with Crippen LogP contribution in [0.3, 0.4) is 0 Å². The van der Waals surface area contributed by atoms with E-state index in [0.29, 0.717) is 13.0 Å². The van der Waals surface area contributed by atoms with Gasteiger partial charge in [-0.1, -0.05) is 38.1 Å². The first-order valence-electron chi connectivity index (χ1n) is 8.05. The number of aryl methyl sites for hydroxylation is 1. The zero-order chi connectivity index (χ0) is 16.7. The standard InChI is InChI=1S/C18H28N2O2/c1-6-14(4)19-18(22)15(5)20(17(21)7-2)12-16-11-9-8-10-13(16)3/h8-11,14-15H,6-7,12H2,1-5H3,(H,19,22)/t14-,15-/m0/s1. The van der Waals surface area contributed by atoms with Gasteiger partial charge in [-0.15, -0.1) is 0 Å². The van der Waals surface area contributed by atoms with E-state index in [1.54, 1.807) is 11.8 Å². The summed E-state index contributed by atoms with van der Waals surface area (Å²) in [6.07, 6.45) is 1.27. The maximum atomic E-state index is 12.3. The first-order chi connectivity index (χ1) is 10.4. The van der Waals surface area contributed by atoms with Crippen molar-refractivity contribution in [1.29, 1.82) is 0 Å². The largest absolute Gasteiger partial charge is 0.352 e. The van der Waals surface area contributed by atoms with Crippen molar-refractivity contribution in [3.63, 3.8) is 0 Å². The Morgan fingerprint density at radius 2 is 1.82 bits per heavy atom. The molecule has 1 rings (SSSR count). The average Bonchev–Trinajstić information content (AvgIpc) is 2.52. The van der Waals surface area contributed by atoms with Crippen LogP contribution in [0.4, 0.5) is 0 Å². The highest BCUT2D eigenvalue weighted by Crippen LogP contribution is 2.14. The highest BCUT2D eigenvalue weighted by molar-refractivity contribution is 5.87. The minimum atomic E-state index is -0.471. The van der Waals surface area contributed by atoms with E-state index in [9.17, 15) is 9.59 Å². The summed E-state index contributed by atoms with van der Waals surface area (Å²) in [4.78, 5) is 26.3. The third-order valence-electron chi connectivity index (χ3n) is 4.07. The minimum absolute atomic E-state index is 0.00458. The number of amides is 2. The fourth-order valence-corrected chi connectivity index (χ4v) is 2.22. The summed E-state index contributed by atoms with van der Waals surface area (Å²) < 4.78 is 0. The molecule has 1 N–H and O–H groups in total. The van der Waals surface area contributed by atoms with E-state index in [1.165, 1.54) is 0 Å². The lowest BCUT2D eigenvalue weighted by atomic mass is 10.1. The predicted octanol–water partition coefficient (Wildman–Crippen LogP) is 3.04. The van der Waals surface area contributed by atoms with Crippen LogP contribution in [0.25, 0.3) is 0 Å². The van der Waals surface area contributed by atoms with Gasteiger partial charge in [0.25, 0.3) is 0 Å². The minimum Gasteiger partial charge on any atom is -0.352 e. The molecule has 1 aromatic rings. The van der Waals surface area contributed by atoms with Gasteiger partial charge in [-0.3, -0.25) is 9.59 Å². The number of carbonyl (C=O) groups is 2. The molecule has 0 heterocycles. The maximum Gasteiger partial charge on any atom is 0.242 e. The van der Waals surface area contributed by atoms with Gasteiger partial charge in [0.1, 0.15) is 6.04 Å². The molecule has 0 saturated heterocycles. The van der Waals surface area contributed by atoms with E-state index in [2.05, 4.69) is 5.32 Å². The molecule has 1 aromatic carbocycles. The van der Waals surface area contributed by atoms with E-state index in [4.69, 9.17) is 0 Å². The fraction of sp³-hybridized carbons (Fsp3) is 0.556. The van der Waals surface area contributed by atoms with E-state index in [-0.39, 0.29) is 17.9 Å². The first kappa shape index (κ1) is 18.2. The Morgan fingerprint density at radius 3 is 2.36 bits per heavy atom. The van der Waals surface area contributed by atoms with Crippen molar-refractivity contribution in [2.75, 3.05) is 0 Å². The van der Waals surface area contributed by atoms with Crippen LogP contribution >= 0.6 is 0 Å². The van der Waals surface area contributed by atoms with Crippen molar-refractivity contribution in [3.8, 4) is 0 Å². The normalized spacial score (nSPS) is 13.3. The lowest BCUT2D eigenvalue weighted by molar-refractivity contribution is -0.140. The number of carbonyl (C=O) groups excluding carboxylic acids is 2. The molecule has 4 nitrogen and oxygen atoms in total. The lowest BCUT2D eigenvalue weighted by Crippen LogP contribution is -2.49. The van der Waals surface area contributed by atoms with Gasteiger partial charge in [0.15, 0.2) is 0 Å². The topological polar surface area (TPSA) is 49.4 Å². The fourth-order valence-electron chi connectivity index (χ4n) is 2.22. The van der Waals surface area contributed by atoms with Gasteiger partial charge < -0.3 is 10.2 Å². The van der Waals surface area contributed by atoms with Crippen LogP contribution in [-0.4, -0.2) is 28.8 Å². The van der Waals surface area contributed by atoms with Crippen LogP contribution in [0, 0.1) is 6.92 Å². The molecule has 0 radical (unpaired) electrons. The second kappa shape index (κ2) is 8.57. The second-order valence-corrected chi connectivity index (χ2v) is 5.80. The van der Waals surface area contributed by atoms with Crippen molar-refractivity contribution in [3.05, 3.63) is 35.4 Å². The smallest absolute Gasteiger partial charge is 0.242 e. The van der Waals surface area contributed by atoms with Crippen LogP contribution < -0.4 is 5.32 Å². The van der Waals surface area contributed by atoms with Crippen molar-refractivity contribution < 1.29 is 9.59 Å². The molecule has 0 saturated carbocycles. The van der Waals surface area contributed by atoms with E-state index in [1.807, 2.05) is 52.0 Å². The summed E-state index contributed by atoms with van der Waals surface area (Å²) in [6.45, 7) is 10.1. The zero-order valence-corrected chi connectivity index (χ0v) is 14.3. The lowest BCUT2D eigenvalue weighted by Gasteiger charge is -2.29. The second-order valence-electron chi connectivity index (χ2n) is 5.80. The van der Waals surface area contributed by atoms with Gasteiger partial charge in [0.05, 0.1) is 0 Å². The van der Waals surface area contributed by atoms with Gasteiger partial charge in [-0.2, -0.15) is 0 Å². The molecule has 4 heteroatoms. The van der Waals surface area contributed by atoms with Gasteiger partial charge in [0.2, 0.25) is 11.8 Å². The third-order valence-corrected chi connectivity index (χ3v) is 4.07. The number of rotatable bonds is 7. The van der Waals surface area contributed by atoms with Crippen molar-refractivity contribution in [2.24, 2.45) is 0 Å².